The van der Waals surface area contributed by atoms with Gasteiger partial charge >= 0.3 is 6.18 Å². The number of carbonyl (C=O) groups excluding carboxylic acids is 1. The Morgan fingerprint density at radius 2 is 1.89 bits per heavy atom. The van der Waals surface area contributed by atoms with Crippen molar-refractivity contribution in [3.63, 3.8) is 0 Å². The first kappa shape index (κ1) is 24.6. The van der Waals surface area contributed by atoms with Crippen LogP contribution in [-0.2, 0) is 12.1 Å². The number of pyridine rings is 1. The topological polar surface area (TPSA) is 107 Å². The lowest BCUT2D eigenvalue weighted by Crippen LogP contribution is -2.42. The van der Waals surface area contributed by atoms with Crippen LogP contribution in [0, 0.1) is 5.82 Å². The minimum atomic E-state index is -4.92. The summed E-state index contributed by atoms with van der Waals surface area (Å²) >= 11 is 5.85. The van der Waals surface area contributed by atoms with Gasteiger partial charge in [-0.25, -0.2) is 14.1 Å². The molecule has 0 aliphatic heterocycles. The molecular weight excluding hydrogens is 490 g/mol. The highest BCUT2D eigenvalue weighted by molar-refractivity contribution is 6.30. The Labute approximate surface area is 201 Å². The van der Waals surface area contributed by atoms with Gasteiger partial charge in [-0.05, 0) is 47.9 Å². The maximum Gasteiger partial charge on any atom is 0.423 e. The summed E-state index contributed by atoms with van der Waals surface area (Å²) in [6, 6.07) is 10.4. The molecule has 0 aliphatic rings. The Morgan fingerprint density at radius 3 is 2.51 bits per heavy atom. The minimum Gasteiger partial charge on any atom is -0.375 e. The van der Waals surface area contributed by atoms with Crippen LogP contribution in [0.15, 0.2) is 48.7 Å². The number of hydrogen-bond acceptors (Lipinski definition) is 5. The van der Waals surface area contributed by atoms with Crippen LogP contribution in [-0.4, -0.2) is 37.2 Å². The summed E-state index contributed by atoms with van der Waals surface area (Å²) in [7, 11) is 0. The maximum absolute atomic E-state index is 14.6. The second-order valence-corrected chi connectivity index (χ2v) is 8.34. The molecule has 1 amide bonds. The van der Waals surface area contributed by atoms with E-state index in [1.807, 2.05) is 0 Å². The van der Waals surface area contributed by atoms with E-state index in [1.165, 1.54) is 25.1 Å². The quantitative estimate of drug-likeness (QED) is 0.371. The summed E-state index contributed by atoms with van der Waals surface area (Å²) in [6.45, 7) is 1.19. The molecule has 182 valence electrons. The van der Waals surface area contributed by atoms with Crippen molar-refractivity contribution in [3.05, 3.63) is 76.5 Å². The molecule has 7 nitrogen and oxygen atoms in total. The smallest absolute Gasteiger partial charge is 0.375 e. The summed E-state index contributed by atoms with van der Waals surface area (Å²) in [4.78, 5) is 16.1. The van der Waals surface area contributed by atoms with Crippen LogP contribution < -0.4 is 5.73 Å². The third kappa shape index (κ3) is 4.56. The van der Waals surface area contributed by atoms with E-state index in [0.29, 0.717) is 22.0 Å². The normalized spacial score (nSPS) is 13.7. The first-order valence-electron chi connectivity index (χ1n) is 10.3. The van der Waals surface area contributed by atoms with Crippen LogP contribution >= 0.6 is 11.6 Å². The molecule has 4 rings (SSSR count). The highest BCUT2D eigenvalue weighted by Crippen LogP contribution is 2.40. The van der Waals surface area contributed by atoms with E-state index in [9.17, 15) is 27.5 Å². The van der Waals surface area contributed by atoms with Gasteiger partial charge in [0.15, 0.2) is 0 Å². The van der Waals surface area contributed by atoms with Crippen LogP contribution in [0.1, 0.15) is 35.1 Å². The predicted octanol–water partition coefficient (Wildman–Crippen LogP) is 4.59. The molecule has 12 heteroatoms. The molecule has 0 saturated heterocycles. The third-order valence-corrected chi connectivity index (χ3v) is 5.87. The second kappa shape index (κ2) is 8.90. The Hall–Kier alpha value is -3.57. The van der Waals surface area contributed by atoms with Crippen molar-refractivity contribution in [2.45, 2.75) is 31.7 Å². The van der Waals surface area contributed by atoms with Gasteiger partial charge in [0, 0.05) is 16.0 Å². The molecular formula is C23H18ClF4N5O2. The third-order valence-electron chi connectivity index (χ3n) is 5.64. The number of aliphatic hydroxyl groups is 1. The van der Waals surface area contributed by atoms with E-state index >= 15 is 0 Å². The Kier molecular flexibility index (Phi) is 6.24. The SMILES string of the molecule is CC[C@@](O)(c1cn(Cc2ccc3c(-c4ccc(Cl)cc4F)cc(C(N)=O)nc3c2)nn1)C(F)(F)F. The Morgan fingerprint density at radius 1 is 1.14 bits per heavy atom. The lowest BCUT2D eigenvalue weighted by Gasteiger charge is -2.26. The molecule has 3 N–H and O–H groups in total. The largest absolute Gasteiger partial charge is 0.423 e. The van der Waals surface area contributed by atoms with Gasteiger partial charge in [-0.2, -0.15) is 13.2 Å². The zero-order valence-corrected chi connectivity index (χ0v) is 18.9. The number of hydrogen-bond donors (Lipinski definition) is 2. The van der Waals surface area contributed by atoms with Crippen LogP contribution in [0.5, 0.6) is 0 Å². The van der Waals surface area contributed by atoms with Crippen molar-refractivity contribution in [2.24, 2.45) is 5.73 Å². The van der Waals surface area contributed by atoms with E-state index in [0.717, 1.165) is 16.9 Å². The van der Waals surface area contributed by atoms with Gasteiger partial charge in [0.25, 0.3) is 5.91 Å². The summed E-state index contributed by atoms with van der Waals surface area (Å²) in [5, 5.41) is 18.0. The average Bonchev–Trinajstić information content (AvgIpc) is 3.25. The van der Waals surface area contributed by atoms with Gasteiger partial charge in [-0.1, -0.05) is 35.9 Å². The monoisotopic (exact) mass is 507 g/mol. The molecule has 2 aromatic heterocycles. The first-order chi connectivity index (χ1) is 16.4. The molecule has 0 fully saturated rings. The lowest BCUT2D eigenvalue weighted by molar-refractivity contribution is -0.269. The Balaban J connectivity index is 1.75. The number of halogens is 5. The molecule has 35 heavy (non-hydrogen) atoms. The van der Waals surface area contributed by atoms with Crippen LogP contribution in [0.2, 0.25) is 5.02 Å². The van der Waals surface area contributed by atoms with E-state index in [1.54, 1.807) is 18.2 Å². The number of fused-ring (bicyclic) bond motifs is 1. The van der Waals surface area contributed by atoms with Crippen LogP contribution in [0.3, 0.4) is 0 Å². The van der Waals surface area contributed by atoms with Crippen LogP contribution in [0.4, 0.5) is 17.6 Å². The number of carbonyl (C=O) groups is 1. The average molecular weight is 508 g/mol. The first-order valence-corrected chi connectivity index (χ1v) is 10.7. The maximum atomic E-state index is 14.6. The molecule has 0 bridgehead atoms. The number of alkyl halides is 3. The summed E-state index contributed by atoms with van der Waals surface area (Å²) in [6.07, 6.45) is -4.54. The van der Waals surface area contributed by atoms with Gasteiger partial charge < -0.3 is 10.8 Å². The lowest BCUT2D eigenvalue weighted by atomic mass is 9.96. The van der Waals surface area contributed by atoms with Crippen molar-refractivity contribution in [3.8, 4) is 11.1 Å². The van der Waals surface area contributed by atoms with Crippen molar-refractivity contribution in [1.82, 2.24) is 20.0 Å². The van der Waals surface area contributed by atoms with Crippen molar-refractivity contribution in [2.75, 3.05) is 0 Å². The minimum absolute atomic E-state index is 0.00624. The number of nitrogens with two attached hydrogens (primary N) is 1. The molecule has 0 spiro atoms. The summed E-state index contributed by atoms with van der Waals surface area (Å²) in [5.41, 5.74) is 2.99. The molecule has 0 aliphatic carbocycles. The van der Waals surface area contributed by atoms with Gasteiger partial charge in [0.1, 0.15) is 17.2 Å². The molecule has 2 aromatic carbocycles. The number of benzene rings is 2. The molecule has 2 heterocycles. The predicted molar refractivity (Wildman–Crippen MR) is 120 cm³/mol. The zero-order chi connectivity index (χ0) is 25.5. The number of primary amides is 1. The number of rotatable bonds is 6. The van der Waals surface area contributed by atoms with Crippen molar-refractivity contribution in [1.29, 1.82) is 0 Å². The van der Waals surface area contributed by atoms with Crippen molar-refractivity contribution < 1.29 is 27.5 Å². The van der Waals surface area contributed by atoms with Gasteiger partial charge in [0.2, 0.25) is 5.60 Å². The standard InChI is InChI=1S/C23H18ClF4N5O2/c1-2-22(35,23(26,27)28)20-11-33(32-31-20)10-12-3-5-15-16(14-6-4-13(24)8-17(14)25)9-19(21(29)34)30-18(15)7-12/h3-9,11,35H,2,10H2,1H3,(H2,29,34)/t22-/m1/s1. The number of aromatic nitrogens is 4. The van der Waals surface area contributed by atoms with E-state index in [2.05, 4.69) is 15.3 Å². The summed E-state index contributed by atoms with van der Waals surface area (Å²) < 4.78 is 55.8. The Bertz CT molecular complexity index is 1440. The molecule has 1 atom stereocenters. The zero-order valence-electron chi connectivity index (χ0n) is 18.1. The van der Waals surface area contributed by atoms with Crippen LogP contribution in [0.25, 0.3) is 22.0 Å². The van der Waals surface area contributed by atoms with E-state index < -0.39 is 35.6 Å². The van der Waals surface area contributed by atoms with Crippen molar-refractivity contribution >= 4 is 28.4 Å². The number of amides is 1. The fraction of sp³-hybridized carbons (Fsp3) is 0.217. The van der Waals surface area contributed by atoms with Gasteiger partial charge in [-0.3, -0.25) is 4.79 Å². The highest BCUT2D eigenvalue weighted by atomic mass is 35.5. The van der Waals surface area contributed by atoms with E-state index in [-0.39, 0.29) is 22.8 Å². The fourth-order valence-corrected chi connectivity index (χ4v) is 3.87. The van der Waals surface area contributed by atoms with Gasteiger partial charge in [-0.15, -0.1) is 5.10 Å². The highest BCUT2D eigenvalue weighted by Gasteiger charge is 2.55. The molecule has 0 unspecified atom stereocenters. The molecule has 0 radical (unpaired) electrons. The molecule has 0 saturated carbocycles. The summed E-state index contributed by atoms with van der Waals surface area (Å²) in [5.74, 6) is -1.42. The fourth-order valence-electron chi connectivity index (χ4n) is 3.71. The number of nitrogens with zero attached hydrogens (tertiary/aromatic N) is 4. The second-order valence-electron chi connectivity index (χ2n) is 7.91. The molecule has 4 aromatic rings. The van der Waals surface area contributed by atoms with E-state index in [4.69, 9.17) is 17.3 Å². The van der Waals surface area contributed by atoms with Gasteiger partial charge in [0.05, 0.1) is 18.3 Å².